The van der Waals surface area contributed by atoms with Gasteiger partial charge in [-0.3, -0.25) is 4.99 Å². The number of amidine groups is 2. The van der Waals surface area contributed by atoms with Crippen LogP contribution in [0.2, 0.25) is 0 Å². The minimum Gasteiger partial charge on any atom is -0.491 e. The third-order valence-electron chi connectivity index (χ3n) is 7.20. The standard InChI is InChI=1S/C32H47ClN5O9P/c1-3-10-41-11-12-42-13-14-43-15-16-44-17-18-46-27-6-4-25(5-7-27)26-20-38(21-26)32(36-23-33)29(19-34)31(35-2)37-30-9-8-28(47-30)22-45-24-48(39)40/h1,4-7,19,26,28,30,39-40H,2,8-18,20-24,34H2/b29-19+,36-32+,37-31-. The number of alkyl halides is 1. The quantitative estimate of drug-likeness (QED) is 0.0290. The van der Waals surface area contributed by atoms with E-state index in [9.17, 15) is 0 Å². The number of nitrogens with two attached hydrogens (primary N) is 1. The molecule has 14 nitrogen and oxygen atoms in total. The van der Waals surface area contributed by atoms with Crippen LogP contribution in [0.25, 0.3) is 0 Å². The second kappa shape index (κ2) is 23.6. The molecule has 3 rings (SSSR count). The predicted molar refractivity (Wildman–Crippen MR) is 186 cm³/mol. The molecule has 0 aromatic heterocycles. The van der Waals surface area contributed by atoms with Gasteiger partial charge in [-0.2, -0.15) is 0 Å². The van der Waals surface area contributed by atoms with Crippen LogP contribution in [0.1, 0.15) is 24.3 Å². The Morgan fingerprint density at radius 2 is 1.67 bits per heavy atom. The van der Waals surface area contributed by atoms with E-state index in [1.165, 1.54) is 11.8 Å². The van der Waals surface area contributed by atoms with Crippen LogP contribution in [0.15, 0.2) is 51.0 Å². The van der Waals surface area contributed by atoms with E-state index in [0.29, 0.717) is 103 Å². The molecule has 0 amide bonds. The number of ether oxygens (including phenoxy) is 7. The molecule has 2 aliphatic heterocycles. The highest BCUT2D eigenvalue weighted by Gasteiger charge is 2.34. The van der Waals surface area contributed by atoms with Crippen LogP contribution in [0, 0.1) is 12.3 Å². The van der Waals surface area contributed by atoms with E-state index in [0.717, 1.165) is 5.75 Å². The van der Waals surface area contributed by atoms with Crippen molar-refractivity contribution in [2.24, 2.45) is 20.7 Å². The number of nitrogens with zero attached hydrogens (tertiary/aromatic N) is 4. The van der Waals surface area contributed by atoms with Gasteiger partial charge in [0.05, 0.1) is 64.5 Å². The summed E-state index contributed by atoms with van der Waals surface area (Å²) in [6.07, 6.45) is 7.08. The first-order valence-corrected chi connectivity index (χ1v) is 17.6. The van der Waals surface area contributed by atoms with Gasteiger partial charge in [0.25, 0.3) is 0 Å². The summed E-state index contributed by atoms with van der Waals surface area (Å²) in [5, 5.41) is 0. The Hall–Kier alpha value is -2.67. The van der Waals surface area contributed by atoms with E-state index >= 15 is 0 Å². The van der Waals surface area contributed by atoms with Crippen LogP contribution >= 0.6 is 20.0 Å². The zero-order chi connectivity index (χ0) is 34.4. The van der Waals surface area contributed by atoms with Gasteiger partial charge >= 0.3 is 0 Å². The normalized spacial score (nSPS) is 19.1. The first-order chi connectivity index (χ1) is 23.5. The Balaban J connectivity index is 1.36. The van der Waals surface area contributed by atoms with Crippen molar-refractivity contribution >= 4 is 38.4 Å². The number of halogens is 1. The fourth-order valence-corrected chi connectivity index (χ4v) is 5.25. The van der Waals surface area contributed by atoms with E-state index in [1.807, 2.05) is 12.1 Å². The number of terminal acetylenes is 1. The molecule has 1 aromatic rings. The fraction of sp³-hybridized carbons (Fsp3) is 0.594. The lowest BCUT2D eigenvalue weighted by atomic mass is 9.90. The predicted octanol–water partition coefficient (Wildman–Crippen LogP) is 2.48. The van der Waals surface area contributed by atoms with Crippen molar-refractivity contribution < 1.29 is 42.9 Å². The van der Waals surface area contributed by atoms with Gasteiger partial charge in [0, 0.05) is 25.2 Å². The molecule has 2 atom stereocenters. The SMILES string of the molecule is C#CCOCCOCCOCCOCCOc1ccc(C2CN(C(=N/CCl)/C(=C/N)C(/N=C)=N/C3CCC(COCP(O)O)O3)C2)cc1. The Morgan fingerprint density at radius 1 is 1.02 bits per heavy atom. The second-order valence-electron chi connectivity index (χ2n) is 10.6. The van der Waals surface area contributed by atoms with Crippen molar-refractivity contribution in [2.45, 2.75) is 31.1 Å². The maximum Gasteiger partial charge on any atom is 0.192 e. The number of aliphatic imine (C=N–C) groups is 3. The lowest BCUT2D eigenvalue weighted by Crippen LogP contribution is -2.50. The van der Waals surface area contributed by atoms with Crippen molar-refractivity contribution in [2.75, 3.05) is 91.5 Å². The van der Waals surface area contributed by atoms with Gasteiger partial charge in [0.15, 0.2) is 20.4 Å². The van der Waals surface area contributed by atoms with Gasteiger partial charge in [-0.25, -0.2) is 9.98 Å². The molecule has 0 radical (unpaired) electrons. The van der Waals surface area contributed by atoms with E-state index in [4.69, 9.17) is 66.7 Å². The minimum atomic E-state index is -2.10. The van der Waals surface area contributed by atoms with Gasteiger partial charge in [-0.1, -0.05) is 18.1 Å². The summed E-state index contributed by atoms with van der Waals surface area (Å²) in [7, 11) is -2.10. The van der Waals surface area contributed by atoms with Crippen LogP contribution in [0.5, 0.6) is 5.75 Å². The van der Waals surface area contributed by atoms with Crippen LogP contribution in [0.3, 0.4) is 0 Å². The number of hydrogen-bond donors (Lipinski definition) is 3. The van der Waals surface area contributed by atoms with Gasteiger partial charge in [-0.15, -0.1) is 18.0 Å². The van der Waals surface area contributed by atoms with Gasteiger partial charge in [0.1, 0.15) is 37.2 Å². The molecule has 1 aromatic carbocycles. The Labute approximate surface area is 288 Å². The highest BCUT2D eigenvalue weighted by Crippen LogP contribution is 2.31. The van der Waals surface area contributed by atoms with E-state index in [2.05, 4.69) is 44.6 Å². The number of rotatable bonds is 23. The van der Waals surface area contributed by atoms with E-state index < -0.39 is 14.6 Å². The summed E-state index contributed by atoms with van der Waals surface area (Å²) in [6, 6.07) is 8.07. The van der Waals surface area contributed by atoms with Crippen LogP contribution in [0.4, 0.5) is 0 Å². The first kappa shape index (κ1) is 39.8. The monoisotopic (exact) mass is 711 g/mol. The summed E-state index contributed by atoms with van der Waals surface area (Å²) in [4.78, 5) is 33.4. The summed E-state index contributed by atoms with van der Waals surface area (Å²) < 4.78 is 38.6. The zero-order valence-electron chi connectivity index (χ0n) is 27.2. The lowest BCUT2D eigenvalue weighted by molar-refractivity contribution is -0.00323. The van der Waals surface area contributed by atoms with E-state index in [-0.39, 0.29) is 31.0 Å². The molecule has 48 heavy (non-hydrogen) atoms. The smallest absolute Gasteiger partial charge is 0.192 e. The Morgan fingerprint density at radius 3 is 2.25 bits per heavy atom. The van der Waals surface area contributed by atoms with Crippen LogP contribution < -0.4 is 10.5 Å². The van der Waals surface area contributed by atoms with Crippen molar-refractivity contribution in [3.63, 3.8) is 0 Å². The first-order valence-electron chi connectivity index (χ1n) is 15.7. The molecule has 0 aliphatic carbocycles. The van der Waals surface area contributed by atoms with Crippen LogP contribution in [-0.4, -0.2) is 137 Å². The van der Waals surface area contributed by atoms with Crippen molar-refractivity contribution in [3.8, 4) is 18.1 Å². The molecule has 4 N–H and O–H groups in total. The van der Waals surface area contributed by atoms with Gasteiger partial charge in [-0.05, 0) is 37.3 Å². The summed E-state index contributed by atoms with van der Waals surface area (Å²) in [5.74, 6) is 4.35. The largest absolute Gasteiger partial charge is 0.491 e. The average molecular weight is 712 g/mol. The molecule has 2 unspecified atom stereocenters. The highest BCUT2D eigenvalue weighted by molar-refractivity contribution is 7.44. The number of benzene rings is 1. The molecule has 0 spiro atoms. The molecular formula is C32H47ClN5O9P. The fourth-order valence-electron chi connectivity index (χ4n) is 4.87. The summed E-state index contributed by atoms with van der Waals surface area (Å²) >= 11 is 6.04. The third kappa shape index (κ3) is 14.4. The Bertz CT molecular complexity index is 1210. The lowest BCUT2D eigenvalue weighted by Gasteiger charge is -2.42. The molecule has 0 saturated carbocycles. The molecule has 0 bridgehead atoms. The van der Waals surface area contributed by atoms with Crippen molar-refractivity contribution in [1.29, 1.82) is 0 Å². The molecule has 2 saturated heterocycles. The second-order valence-corrected chi connectivity index (χ2v) is 11.8. The number of likely N-dealkylation sites (tertiary alicyclic amines) is 1. The molecule has 16 heteroatoms. The molecule has 2 aliphatic rings. The average Bonchev–Trinajstić information content (AvgIpc) is 3.51. The van der Waals surface area contributed by atoms with Gasteiger partial charge < -0.3 is 53.6 Å². The van der Waals surface area contributed by atoms with Gasteiger partial charge in [0.2, 0.25) is 0 Å². The summed E-state index contributed by atoms with van der Waals surface area (Å²) in [5.41, 5.74) is 7.73. The van der Waals surface area contributed by atoms with Crippen molar-refractivity contribution in [3.05, 3.63) is 41.6 Å². The van der Waals surface area contributed by atoms with Crippen molar-refractivity contribution in [1.82, 2.24) is 4.90 Å². The molecule has 2 fully saturated rings. The number of hydrogen-bond acceptors (Lipinski definition) is 12. The molecule has 266 valence electrons. The third-order valence-corrected chi connectivity index (χ3v) is 7.73. The molecule has 2 heterocycles. The summed E-state index contributed by atoms with van der Waals surface area (Å²) in [6.45, 7) is 9.41. The Kier molecular flexibility index (Phi) is 19.6. The topological polar surface area (TPSA) is 171 Å². The maximum atomic E-state index is 9.02. The maximum absolute atomic E-state index is 9.02. The minimum absolute atomic E-state index is 0.0401. The van der Waals surface area contributed by atoms with Crippen LogP contribution in [-0.2, 0) is 28.4 Å². The zero-order valence-corrected chi connectivity index (χ0v) is 28.8. The van der Waals surface area contributed by atoms with E-state index in [1.54, 1.807) is 0 Å². The molecular weight excluding hydrogens is 665 g/mol. The highest BCUT2D eigenvalue weighted by atomic mass is 35.5.